The molecule has 0 fully saturated rings. The first-order valence-electron chi connectivity index (χ1n) is 7.36. The predicted molar refractivity (Wildman–Crippen MR) is 84.5 cm³/mol. The van der Waals surface area contributed by atoms with Crippen LogP contribution in [-0.2, 0) is 4.79 Å². The van der Waals surface area contributed by atoms with Crippen LogP contribution < -0.4 is 19.5 Å². The largest absolute Gasteiger partial charge is 0.493 e. The number of allylic oxidation sites excluding steroid dienone is 2. The van der Waals surface area contributed by atoms with E-state index in [1.165, 1.54) is 0 Å². The van der Waals surface area contributed by atoms with Crippen LogP contribution in [0.3, 0.4) is 0 Å². The van der Waals surface area contributed by atoms with Crippen LogP contribution in [0.15, 0.2) is 24.3 Å². The normalized spacial score (nSPS) is 15.5. The highest BCUT2D eigenvalue weighted by Gasteiger charge is 2.22. The second kappa shape index (κ2) is 7.20. The molecule has 2 rings (SSSR count). The Hall–Kier alpha value is -2.17. The molecule has 0 saturated heterocycles. The van der Waals surface area contributed by atoms with Crippen LogP contribution in [-0.4, -0.2) is 27.2 Å². The summed E-state index contributed by atoms with van der Waals surface area (Å²) in [5.41, 5.74) is 0.911. The number of amides is 1. The van der Waals surface area contributed by atoms with E-state index in [4.69, 9.17) is 14.2 Å². The van der Waals surface area contributed by atoms with E-state index in [0.29, 0.717) is 17.2 Å². The number of ether oxygens (including phenoxy) is 3. The highest BCUT2D eigenvalue weighted by molar-refractivity contribution is 5.80. The molecule has 0 unspecified atom stereocenters. The first-order valence-corrected chi connectivity index (χ1v) is 7.36. The molecule has 0 saturated carbocycles. The summed E-state index contributed by atoms with van der Waals surface area (Å²) in [7, 11) is 4.72. The second-order valence-corrected chi connectivity index (χ2v) is 5.33. The molecule has 0 aliphatic heterocycles. The van der Waals surface area contributed by atoms with E-state index in [1.54, 1.807) is 21.3 Å². The smallest absolute Gasteiger partial charge is 0.224 e. The summed E-state index contributed by atoms with van der Waals surface area (Å²) in [6.07, 6.45) is 5.73. The highest BCUT2D eigenvalue weighted by Crippen LogP contribution is 2.39. The fourth-order valence-corrected chi connectivity index (χ4v) is 2.60. The summed E-state index contributed by atoms with van der Waals surface area (Å²) in [4.78, 5) is 12.2. The van der Waals surface area contributed by atoms with Gasteiger partial charge in [0.25, 0.3) is 0 Å². The number of methoxy groups -OCH3 is 3. The Labute approximate surface area is 131 Å². The van der Waals surface area contributed by atoms with Gasteiger partial charge in [-0.25, -0.2) is 0 Å². The number of nitrogens with one attached hydrogen (secondary N) is 1. The van der Waals surface area contributed by atoms with Crippen molar-refractivity contribution in [2.45, 2.75) is 25.8 Å². The number of rotatable bonds is 6. The number of carbonyl (C=O) groups excluding carboxylic acids is 1. The average Bonchev–Trinajstić information content (AvgIpc) is 3.07. The van der Waals surface area contributed by atoms with Crippen molar-refractivity contribution in [3.63, 3.8) is 0 Å². The van der Waals surface area contributed by atoms with Gasteiger partial charge in [0.1, 0.15) is 0 Å². The Morgan fingerprint density at radius 3 is 2.09 bits per heavy atom. The minimum absolute atomic E-state index is 0.0458. The molecule has 1 aromatic carbocycles. The lowest BCUT2D eigenvalue weighted by Gasteiger charge is -2.20. The van der Waals surface area contributed by atoms with Crippen molar-refractivity contribution in [2.24, 2.45) is 5.92 Å². The lowest BCUT2D eigenvalue weighted by molar-refractivity contribution is -0.125. The van der Waals surface area contributed by atoms with Crippen LogP contribution in [0, 0.1) is 5.92 Å². The summed E-state index contributed by atoms with van der Waals surface area (Å²) < 4.78 is 16.0. The molecule has 0 heterocycles. The summed E-state index contributed by atoms with van der Waals surface area (Å²) in [6.45, 7) is 1.95. The Morgan fingerprint density at radius 2 is 1.64 bits per heavy atom. The van der Waals surface area contributed by atoms with E-state index in [0.717, 1.165) is 18.4 Å². The molecular weight excluding hydrogens is 282 g/mol. The first-order chi connectivity index (χ1) is 10.6. The molecule has 1 N–H and O–H groups in total. The van der Waals surface area contributed by atoms with Gasteiger partial charge in [0, 0.05) is 5.92 Å². The SMILES string of the molecule is COc1cc([C@@H](C)NC(=O)C2CC=CC2)cc(OC)c1OC. The van der Waals surface area contributed by atoms with Crippen LogP contribution in [0.4, 0.5) is 0 Å². The van der Waals surface area contributed by atoms with Crippen molar-refractivity contribution in [2.75, 3.05) is 21.3 Å². The third-order valence-electron chi connectivity index (χ3n) is 3.92. The maximum absolute atomic E-state index is 12.2. The zero-order valence-electron chi connectivity index (χ0n) is 13.5. The van der Waals surface area contributed by atoms with Crippen LogP contribution in [0.5, 0.6) is 17.2 Å². The second-order valence-electron chi connectivity index (χ2n) is 5.33. The van der Waals surface area contributed by atoms with Gasteiger partial charge in [-0.3, -0.25) is 4.79 Å². The lowest BCUT2D eigenvalue weighted by atomic mass is 10.0. The fourth-order valence-electron chi connectivity index (χ4n) is 2.60. The molecule has 0 radical (unpaired) electrons. The molecule has 120 valence electrons. The third kappa shape index (κ3) is 3.35. The van der Waals surface area contributed by atoms with Gasteiger partial charge in [-0.2, -0.15) is 0 Å². The predicted octanol–water partition coefficient (Wildman–Crippen LogP) is 2.86. The molecule has 5 nitrogen and oxygen atoms in total. The molecule has 1 aliphatic rings. The maximum atomic E-state index is 12.2. The van der Waals surface area contributed by atoms with Crippen molar-refractivity contribution in [1.29, 1.82) is 0 Å². The standard InChI is InChI=1S/C17H23NO4/c1-11(18-17(19)12-7-5-6-8-12)13-9-14(20-2)16(22-4)15(10-13)21-3/h5-6,9-12H,7-8H2,1-4H3,(H,18,19)/t11-/m1/s1. The Kier molecular flexibility index (Phi) is 5.31. The molecule has 22 heavy (non-hydrogen) atoms. The van der Waals surface area contributed by atoms with Gasteiger partial charge < -0.3 is 19.5 Å². The zero-order valence-corrected chi connectivity index (χ0v) is 13.5. The molecule has 1 amide bonds. The first kappa shape index (κ1) is 16.2. The maximum Gasteiger partial charge on any atom is 0.224 e. The molecular formula is C17H23NO4. The van der Waals surface area contributed by atoms with Crippen LogP contribution in [0.1, 0.15) is 31.4 Å². The minimum Gasteiger partial charge on any atom is -0.493 e. The molecule has 1 aromatic rings. The van der Waals surface area contributed by atoms with Gasteiger partial charge in [-0.15, -0.1) is 0 Å². The number of carbonyl (C=O) groups is 1. The quantitative estimate of drug-likeness (QED) is 0.821. The number of hydrogen-bond donors (Lipinski definition) is 1. The summed E-state index contributed by atoms with van der Waals surface area (Å²) >= 11 is 0. The number of benzene rings is 1. The van der Waals surface area contributed by atoms with E-state index in [2.05, 4.69) is 5.32 Å². The van der Waals surface area contributed by atoms with Gasteiger partial charge in [0.15, 0.2) is 11.5 Å². The van der Waals surface area contributed by atoms with Crippen molar-refractivity contribution in [3.8, 4) is 17.2 Å². The van der Waals surface area contributed by atoms with Crippen molar-refractivity contribution in [3.05, 3.63) is 29.8 Å². The van der Waals surface area contributed by atoms with Crippen LogP contribution in [0.25, 0.3) is 0 Å². The summed E-state index contributed by atoms with van der Waals surface area (Å²) in [5.74, 6) is 1.84. The molecule has 5 heteroatoms. The Bertz CT molecular complexity index is 535. The van der Waals surface area contributed by atoms with E-state index in [-0.39, 0.29) is 17.9 Å². The van der Waals surface area contributed by atoms with Gasteiger partial charge in [-0.1, -0.05) is 12.2 Å². The minimum atomic E-state index is -0.137. The highest BCUT2D eigenvalue weighted by atomic mass is 16.5. The fraction of sp³-hybridized carbons (Fsp3) is 0.471. The topological polar surface area (TPSA) is 56.8 Å². The third-order valence-corrected chi connectivity index (χ3v) is 3.92. The van der Waals surface area contributed by atoms with E-state index >= 15 is 0 Å². The van der Waals surface area contributed by atoms with Gasteiger partial charge >= 0.3 is 0 Å². The van der Waals surface area contributed by atoms with E-state index < -0.39 is 0 Å². The monoisotopic (exact) mass is 305 g/mol. The number of hydrogen-bond acceptors (Lipinski definition) is 4. The summed E-state index contributed by atoms with van der Waals surface area (Å²) in [6, 6.07) is 3.58. The van der Waals surface area contributed by atoms with Crippen LogP contribution in [0.2, 0.25) is 0 Å². The van der Waals surface area contributed by atoms with Crippen molar-refractivity contribution < 1.29 is 19.0 Å². The lowest BCUT2D eigenvalue weighted by Crippen LogP contribution is -2.31. The van der Waals surface area contributed by atoms with Crippen molar-refractivity contribution in [1.82, 2.24) is 5.32 Å². The molecule has 1 aliphatic carbocycles. The van der Waals surface area contributed by atoms with Gasteiger partial charge in [-0.05, 0) is 37.5 Å². The van der Waals surface area contributed by atoms with Gasteiger partial charge in [0.05, 0.1) is 27.4 Å². The Morgan fingerprint density at radius 1 is 1.09 bits per heavy atom. The van der Waals surface area contributed by atoms with E-state index in [1.807, 2.05) is 31.2 Å². The summed E-state index contributed by atoms with van der Waals surface area (Å²) in [5, 5.41) is 3.05. The molecule has 1 atom stereocenters. The zero-order chi connectivity index (χ0) is 16.1. The average molecular weight is 305 g/mol. The van der Waals surface area contributed by atoms with Crippen molar-refractivity contribution >= 4 is 5.91 Å². The van der Waals surface area contributed by atoms with Gasteiger partial charge in [0.2, 0.25) is 11.7 Å². The molecule has 0 aromatic heterocycles. The van der Waals surface area contributed by atoms with E-state index in [9.17, 15) is 4.79 Å². The molecule has 0 spiro atoms. The van der Waals surface area contributed by atoms with Crippen LogP contribution >= 0.6 is 0 Å². The molecule has 0 bridgehead atoms. The Balaban J connectivity index is 2.18.